The molecule has 0 aromatic carbocycles. The summed E-state index contributed by atoms with van der Waals surface area (Å²) in [6.07, 6.45) is 3.79. The van der Waals surface area contributed by atoms with Crippen molar-refractivity contribution >= 4 is 5.97 Å². The van der Waals surface area contributed by atoms with Crippen LogP contribution in [0.2, 0.25) is 0 Å². The second kappa shape index (κ2) is 6.86. The van der Waals surface area contributed by atoms with E-state index in [1.807, 2.05) is 6.92 Å². The van der Waals surface area contributed by atoms with Crippen molar-refractivity contribution in [3.63, 3.8) is 0 Å². The molecular weight excluding hydrogens is 204 g/mol. The number of rotatable bonds is 7. The highest BCUT2D eigenvalue weighted by Gasteiger charge is 2.22. The highest BCUT2D eigenvalue weighted by molar-refractivity contribution is 5.67. The molecule has 1 saturated heterocycles. The molecule has 0 aromatic heterocycles. The summed E-state index contributed by atoms with van der Waals surface area (Å²) < 4.78 is 0. The fourth-order valence-corrected chi connectivity index (χ4v) is 2.36. The van der Waals surface area contributed by atoms with Crippen LogP contribution >= 0.6 is 0 Å². The molecule has 0 aliphatic carbocycles. The van der Waals surface area contributed by atoms with Crippen LogP contribution in [-0.2, 0) is 4.79 Å². The predicted molar refractivity (Wildman–Crippen MR) is 64.6 cm³/mol. The van der Waals surface area contributed by atoms with E-state index >= 15 is 0 Å². The van der Waals surface area contributed by atoms with E-state index in [2.05, 4.69) is 17.1 Å². The molecule has 1 heterocycles. The minimum absolute atomic E-state index is 0.139. The summed E-state index contributed by atoms with van der Waals surface area (Å²) in [6, 6.07) is 0.697. The Morgan fingerprint density at radius 2 is 2.38 bits per heavy atom. The van der Waals surface area contributed by atoms with Crippen LogP contribution in [-0.4, -0.2) is 47.7 Å². The zero-order valence-electron chi connectivity index (χ0n) is 10.4. The summed E-state index contributed by atoms with van der Waals surface area (Å²) >= 11 is 0. The first-order valence-corrected chi connectivity index (χ1v) is 6.32. The van der Waals surface area contributed by atoms with Gasteiger partial charge in [-0.15, -0.1) is 0 Å². The molecule has 0 bridgehead atoms. The molecule has 2 N–H and O–H groups in total. The van der Waals surface area contributed by atoms with E-state index in [-0.39, 0.29) is 12.5 Å². The van der Waals surface area contributed by atoms with Crippen LogP contribution in [0.5, 0.6) is 0 Å². The van der Waals surface area contributed by atoms with Crippen LogP contribution in [0.3, 0.4) is 0 Å². The topological polar surface area (TPSA) is 52.6 Å². The van der Waals surface area contributed by atoms with Gasteiger partial charge in [-0.3, -0.25) is 9.69 Å². The molecule has 0 aromatic rings. The molecule has 1 fully saturated rings. The Morgan fingerprint density at radius 1 is 1.62 bits per heavy atom. The third-order valence-electron chi connectivity index (χ3n) is 3.22. The lowest BCUT2D eigenvalue weighted by atomic mass is 10.1. The molecule has 0 saturated carbocycles. The highest BCUT2D eigenvalue weighted by Crippen LogP contribution is 2.11. The van der Waals surface area contributed by atoms with Gasteiger partial charge in [0.1, 0.15) is 0 Å². The van der Waals surface area contributed by atoms with E-state index in [1.165, 1.54) is 12.8 Å². The fraction of sp³-hybridized carbons (Fsp3) is 0.917. The van der Waals surface area contributed by atoms with Crippen molar-refractivity contribution in [2.75, 3.05) is 19.6 Å². The summed E-state index contributed by atoms with van der Waals surface area (Å²) in [4.78, 5) is 13.0. The number of nitrogens with zero attached hydrogens (tertiary/aromatic N) is 1. The second-order valence-electron chi connectivity index (χ2n) is 4.74. The minimum Gasteiger partial charge on any atom is -0.481 e. The van der Waals surface area contributed by atoms with Gasteiger partial charge in [0.25, 0.3) is 0 Å². The number of carboxylic acids is 1. The van der Waals surface area contributed by atoms with Gasteiger partial charge in [-0.25, -0.2) is 0 Å². The van der Waals surface area contributed by atoms with E-state index in [1.54, 1.807) is 0 Å². The summed E-state index contributed by atoms with van der Waals surface area (Å²) in [7, 11) is 0. The number of nitrogens with one attached hydrogen (secondary N) is 1. The Bertz CT molecular complexity index is 215. The Morgan fingerprint density at radius 3 is 2.88 bits per heavy atom. The van der Waals surface area contributed by atoms with Gasteiger partial charge in [0, 0.05) is 18.6 Å². The maximum Gasteiger partial charge on any atom is 0.304 e. The smallest absolute Gasteiger partial charge is 0.304 e. The SMILES string of the molecule is CCCN(CC1CCCN1)C(C)CC(=O)O. The van der Waals surface area contributed by atoms with Crippen LogP contribution in [0.15, 0.2) is 0 Å². The normalized spacial score (nSPS) is 22.6. The molecule has 4 heteroatoms. The molecule has 16 heavy (non-hydrogen) atoms. The molecule has 4 nitrogen and oxygen atoms in total. The van der Waals surface area contributed by atoms with Crippen LogP contribution in [0.25, 0.3) is 0 Å². The van der Waals surface area contributed by atoms with E-state index in [4.69, 9.17) is 5.11 Å². The lowest BCUT2D eigenvalue weighted by Gasteiger charge is -2.30. The first-order chi connectivity index (χ1) is 7.63. The van der Waals surface area contributed by atoms with Crippen LogP contribution in [0.1, 0.15) is 39.5 Å². The number of carbonyl (C=O) groups is 1. The largest absolute Gasteiger partial charge is 0.481 e. The van der Waals surface area contributed by atoms with E-state index in [9.17, 15) is 4.79 Å². The predicted octanol–water partition coefficient (Wildman–Crippen LogP) is 1.31. The molecule has 94 valence electrons. The summed E-state index contributed by atoms with van der Waals surface area (Å²) in [6.45, 7) is 7.24. The average molecular weight is 228 g/mol. The lowest BCUT2D eigenvalue weighted by Crippen LogP contribution is -2.43. The zero-order chi connectivity index (χ0) is 12.0. The second-order valence-corrected chi connectivity index (χ2v) is 4.74. The highest BCUT2D eigenvalue weighted by atomic mass is 16.4. The van der Waals surface area contributed by atoms with Gasteiger partial charge in [-0.1, -0.05) is 6.92 Å². The van der Waals surface area contributed by atoms with E-state index < -0.39 is 5.97 Å². The Balaban J connectivity index is 2.41. The van der Waals surface area contributed by atoms with Crippen molar-refractivity contribution in [1.82, 2.24) is 10.2 Å². The van der Waals surface area contributed by atoms with Crippen molar-refractivity contribution in [2.45, 2.75) is 51.6 Å². The summed E-state index contributed by atoms with van der Waals surface area (Å²) in [5.74, 6) is -0.701. The van der Waals surface area contributed by atoms with Crippen molar-refractivity contribution < 1.29 is 9.90 Å². The Kier molecular flexibility index (Phi) is 5.77. The van der Waals surface area contributed by atoms with Crippen LogP contribution in [0, 0.1) is 0 Å². The maximum atomic E-state index is 10.7. The van der Waals surface area contributed by atoms with Gasteiger partial charge < -0.3 is 10.4 Å². The van der Waals surface area contributed by atoms with Gasteiger partial charge in [-0.2, -0.15) is 0 Å². The number of hydrogen-bond donors (Lipinski definition) is 2. The summed E-state index contributed by atoms with van der Waals surface area (Å²) in [5, 5.41) is 12.3. The Labute approximate surface area is 98.0 Å². The average Bonchev–Trinajstić information content (AvgIpc) is 2.68. The van der Waals surface area contributed by atoms with Gasteiger partial charge in [0.15, 0.2) is 0 Å². The fourth-order valence-electron chi connectivity index (χ4n) is 2.36. The molecular formula is C12H24N2O2. The van der Waals surface area contributed by atoms with Crippen LogP contribution in [0.4, 0.5) is 0 Å². The minimum atomic E-state index is -0.701. The van der Waals surface area contributed by atoms with E-state index in [0.29, 0.717) is 6.04 Å². The molecule has 2 unspecified atom stereocenters. The first-order valence-electron chi connectivity index (χ1n) is 6.32. The molecule has 2 atom stereocenters. The van der Waals surface area contributed by atoms with Crippen LogP contribution < -0.4 is 5.32 Å². The van der Waals surface area contributed by atoms with Gasteiger partial charge in [0.05, 0.1) is 6.42 Å². The molecule has 0 radical (unpaired) electrons. The molecule has 1 rings (SSSR count). The number of carboxylic acid groups (broad SMARTS) is 1. The lowest BCUT2D eigenvalue weighted by molar-refractivity contribution is -0.138. The zero-order valence-corrected chi connectivity index (χ0v) is 10.4. The standard InChI is InChI=1S/C12H24N2O2/c1-3-7-14(10(2)8-12(15)16)9-11-5-4-6-13-11/h10-11,13H,3-9H2,1-2H3,(H,15,16). The van der Waals surface area contributed by atoms with Gasteiger partial charge in [-0.05, 0) is 39.3 Å². The summed E-state index contributed by atoms with van der Waals surface area (Å²) in [5.41, 5.74) is 0. The number of aliphatic carboxylic acids is 1. The van der Waals surface area contributed by atoms with Crippen molar-refractivity contribution in [2.24, 2.45) is 0 Å². The third kappa shape index (κ3) is 4.49. The van der Waals surface area contributed by atoms with Gasteiger partial charge >= 0.3 is 5.97 Å². The molecule has 1 aliphatic heterocycles. The molecule has 1 aliphatic rings. The molecule has 0 spiro atoms. The quantitative estimate of drug-likeness (QED) is 0.690. The number of hydrogen-bond acceptors (Lipinski definition) is 3. The van der Waals surface area contributed by atoms with Crippen molar-refractivity contribution in [3.8, 4) is 0 Å². The van der Waals surface area contributed by atoms with Crippen molar-refractivity contribution in [1.29, 1.82) is 0 Å². The monoisotopic (exact) mass is 228 g/mol. The third-order valence-corrected chi connectivity index (χ3v) is 3.22. The van der Waals surface area contributed by atoms with Gasteiger partial charge in [0.2, 0.25) is 0 Å². The van der Waals surface area contributed by atoms with E-state index in [0.717, 1.165) is 26.1 Å². The first kappa shape index (κ1) is 13.5. The molecule has 0 amide bonds. The maximum absolute atomic E-state index is 10.7. The Hall–Kier alpha value is -0.610. The van der Waals surface area contributed by atoms with Crippen molar-refractivity contribution in [3.05, 3.63) is 0 Å².